The molecule has 4 nitrogen and oxygen atoms in total. The molecule has 4 heteroatoms. The molecule has 1 aliphatic rings. The van der Waals surface area contributed by atoms with Gasteiger partial charge in [0.05, 0.1) is 0 Å². The molecule has 108 valence electrons. The van der Waals surface area contributed by atoms with Gasteiger partial charge in [-0.1, -0.05) is 36.4 Å². The van der Waals surface area contributed by atoms with Crippen LogP contribution in [0, 0.1) is 0 Å². The molecule has 1 atom stereocenters. The van der Waals surface area contributed by atoms with E-state index in [1.54, 1.807) is 11.1 Å². The fourth-order valence-corrected chi connectivity index (χ4v) is 2.63. The van der Waals surface area contributed by atoms with Crippen LogP contribution in [0.1, 0.15) is 23.5 Å². The number of nitrogens with zero attached hydrogens (tertiary/aromatic N) is 2. The third-order valence-electron chi connectivity index (χ3n) is 3.81. The number of benzene rings is 1. The number of amides is 1. The Bertz CT molecular complexity index is 586. The first-order valence-electron chi connectivity index (χ1n) is 7.18. The van der Waals surface area contributed by atoms with Crippen molar-refractivity contribution in [2.45, 2.75) is 18.9 Å². The number of aromatic nitrogens is 1. The number of hydrogen-bond donors (Lipinski definition) is 0. The lowest BCUT2D eigenvalue weighted by Crippen LogP contribution is -2.29. The van der Waals surface area contributed by atoms with Gasteiger partial charge < -0.3 is 9.64 Å². The number of pyridine rings is 1. The lowest BCUT2D eigenvalue weighted by molar-refractivity contribution is 0.104. The summed E-state index contributed by atoms with van der Waals surface area (Å²) < 4.78 is 5.37. The fourth-order valence-electron chi connectivity index (χ4n) is 2.63. The second kappa shape index (κ2) is 6.39. The molecule has 2 aromatic rings. The van der Waals surface area contributed by atoms with E-state index in [2.05, 4.69) is 11.1 Å². The molecule has 0 saturated carbocycles. The van der Waals surface area contributed by atoms with E-state index in [0.29, 0.717) is 19.1 Å². The Morgan fingerprint density at radius 2 is 2.10 bits per heavy atom. The molecule has 0 bridgehead atoms. The fraction of sp³-hybridized carbons (Fsp3) is 0.294. The molecule has 1 fully saturated rings. The van der Waals surface area contributed by atoms with Crippen LogP contribution in [0.4, 0.5) is 4.79 Å². The summed E-state index contributed by atoms with van der Waals surface area (Å²) in [6, 6.07) is 13.7. The van der Waals surface area contributed by atoms with Crippen LogP contribution in [0.5, 0.6) is 0 Å². The Labute approximate surface area is 124 Å². The topological polar surface area (TPSA) is 42.4 Å². The van der Waals surface area contributed by atoms with E-state index in [1.807, 2.05) is 42.6 Å². The first-order valence-corrected chi connectivity index (χ1v) is 7.18. The molecule has 0 unspecified atom stereocenters. The van der Waals surface area contributed by atoms with Gasteiger partial charge in [-0.15, -0.1) is 0 Å². The maximum atomic E-state index is 12.1. The molecular formula is C17H18N2O2. The third-order valence-corrected chi connectivity index (χ3v) is 3.81. The molecule has 2 heterocycles. The minimum Gasteiger partial charge on any atom is -0.445 e. The Hall–Kier alpha value is -2.36. The number of carbonyl (C=O) groups excluding carboxylic acids is 1. The van der Waals surface area contributed by atoms with Crippen molar-refractivity contribution in [3.63, 3.8) is 0 Å². The summed E-state index contributed by atoms with van der Waals surface area (Å²) in [4.78, 5) is 18.0. The lowest BCUT2D eigenvalue weighted by atomic mass is 10.0. The molecule has 0 radical (unpaired) electrons. The first-order chi connectivity index (χ1) is 10.3. The van der Waals surface area contributed by atoms with Crippen LogP contribution in [-0.2, 0) is 11.3 Å². The van der Waals surface area contributed by atoms with Crippen LogP contribution in [0.25, 0.3) is 0 Å². The largest absolute Gasteiger partial charge is 0.445 e. The average Bonchev–Trinajstić information content (AvgIpc) is 3.04. The van der Waals surface area contributed by atoms with E-state index < -0.39 is 0 Å². The second-order valence-corrected chi connectivity index (χ2v) is 5.26. The Balaban J connectivity index is 1.53. The molecule has 21 heavy (non-hydrogen) atoms. The molecule has 1 aromatic carbocycles. The highest BCUT2D eigenvalue weighted by Gasteiger charge is 2.28. The van der Waals surface area contributed by atoms with Crippen molar-refractivity contribution >= 4 is 6.09 Å². The summed E-state index contributed by atoms with van der Waals surface area (Å²) in [5.74, 6) is 0.364. The van der Waals surface area contributed by atoms with Gasteiger partial charge in [-0.05, 0) is 23.6 Å². The van der Waals surface area contributed by atoms with Crippen molar-refractivity contribution in [3.8, 4) is 0 Å². The van der Waals surface area contributed by atoms with E-state index in [1.165, 1.54) is 5.56 Å². The third kappa shape index (κ3) is 3.40. The minimum absolute atomic E-state index is 0.231. The zero-order valence-electron chi connectivity index (χ0n) is 11.8. The van der Waals surface area contributed by atoms with Crippen molar-refractivity contribution in [1.29, 1.82) is 0 Å². The molecule has 1 saturated heterocycles. The van der Waals surface area contributed by atoms with Crippen molar-refractivity contribution in [2.24, 2.45) is 0 Å². The molecular weight excluding hydrogens is 264 g/mol. The maximum absolute atomic E-state index is 12.1. The van der Waals surface area contributed by atoms with Gasteiger partial charge in [0.25, 0.3) is 0 Å². The van der Waals surface area contributed by atoms with Gasteiger partial charge in [-0.3, -0.25) is 4.98 Å². The summed E-state index contributed by atoms with van der Waals surface area (Å²) in [7, 11) is 0. The Morgan fingerprint density at radius 3 is 2.86 bits per heavy atom. The van der Waals surface area contributed by atoms with Crippen LogP contribution >= 0.6 is 0 Å². The highest BCUT2D eigenvalue weighted by molar-refractivity contribution is 5.68. The quantitative estimate of drug-likeness (QED) is 0.868. The molecule has 0 N–H and O–H groups in total. The molecule has 3 rings (SSSR count). The minimum atomic E-state index is -0.231. The number of likely N-dealkylation sites (tertiary alicyclic amines) is 1. The first kappa shape index (κ1) is 13.6. The molecule has 1 amide bonds. The summed E-state index contributed by atoms with van der Waals surface area (Å²) in [5.41, 5.74) is 2.20. The average molecular weight is 282 g/mol. The van der Waals surface area contributed by atoms with Gasteiger partial charge >= 0.3 is 6.09 Å². The summed E-state index contributed by atoms with van der Waals surface area (Å²) in [6.07, 6.45) is 4.38. The van der Waals surface area contributed by atoms with Gasteiger partial charge in [0.2, 0.25) is 0 Å². The second-order valence-electron chi connectivity index (χ2n) is 5.26. The van der Waals surface area contributed by atoms with Crippen LogP contribution in [0.15, 0.2) is 54.9 Å². The summed E-state index contributed by atoms with van der Waals surface area (Å²) in [6.45, 7) is 1.78. The zero-order valence-corrected chi connectivity index (χ0v) is 11.8. The van der Waals surface area contributed by atoms with E-state index >= 15 is 0 Å². The monoisotopic (exact) mass is 282 g/mol. The van der Waals surface area contributed by atoms with Crippen LogP contribution in [0.2, 0.25) is 0 Å². The van der Waals surface area contributed by atoms with E-state index in [4.69, 9.17) is 4.74 Å². The SMILES string of the molecule is O=C(OCc1ccccc1)N1CC[C@H](c2cccnc2)C1. The van der Waals surface area contributed by atoms with Crippen molar-refractivity contribution < 1.29 is 9.53 Å². The molecule has 1 aromatic heterocycles. The zero-order chi connectivity index (χ0) is 14.5. The molecule has 1 aliphatic heterocycles. The molecule has 0 spiro atoms. The summed E-state index contributed by atoms with van der Waals surface area (Å²) >= 11 is 0. The molecule has 0 aliphatic carbocycles. The predicted octanol–water partition coefficient (Wildman–Crippen LogP) is 3.21. The Kier molecular flexibility index (Phi) is 4.15. The van der Waals surface area contributed by atoms with Crippen LogP contribution in [-0.4, -0.2) is 29.1 Å². The lowest BCUT2D eigenvalue weighted by Gasteiger charge is -2.16. The van der Waals surface area contributed by atoms with Gasteiger partial charge in [0.1, 0.15) is 6.61 Å². The highest BCUT2D eigenvalue weighted by Crippen LogP contribution is 2.26. The summed E-state index contributed by atoms with van der Waals surface area (Å²) in [5, 5.41) is 0. The van der Waals surface area contributed by atoms with Crippen molar-refractivity contribution in [3.05, 3.63) is 66.0 Å². The smallest absolute Gasteiger partial charge is 0.410 e. The predicted molar refractivity (Wildman–Crippen MR) is 79.8 cm³/mol. The van der Waals surface area contributed by atoms with E-state index in [0.717, 1.165) is 18.5 Å². The standard InChI is InChI=1S/C17H18N2O2/c20-17(21-13-14-5-2-1-3-6-14)19-10-8-16(12-19)15-7-4-9-18-11-15/h1-7,9,11,16H,8,10,12-13H2/t16-/m0/s1. The maximum Gasteiger partial charge on any atom is 0.410 e. The van der Waals surface area contributed by atoms with E-state index in [-0.39, 0.29) is 6.09 Å². The number of hydrogen-bond acceptors (Lipinski definition) is 3. The number of rotatable bonds is 3. The van der Waals surface area contributed by atoms with Gasteiger partial charge in [0, 0.05) is 31.4 Å². The normalized spacial score (nSPS) is 17.7. The number of ether oxygens (including phenoxy) is 1. The van der Waals surface area contributed by atoms with Gasteiger partial charge in [0.15, 0.2) is 0 Å². The van der Waals surface area contributed by atoms with Crippen LogP contribution in [0.3, 0.4) is 0 Å². The van der Waals surface area contributed by atoms with E-state index in [9.17, 15) is 4.79 Å². The van der Waals surface area contributed by atoms with Gasteiger partial charge in [-0.2, -0.15) is 0 Å². The van der Waals surface area contributed by atoms with Gasteiger partial charge in [-0.25, -0.2) is 4.79 Å². The Morgan fingerprint density at radius 1 is 1.24 bits per heavy atom. The van der Waals surface area contributed by atoms with Crippen LogP contribution < -0.4 is 0 Å². The number of carbonyl (C=O) groups is 1. The highest BCUT2D eigenvalue weighted by atomic mass is 16.6. The van der Waals surface area contributed by atoms with Crippen molar-refractivity contribution in [2.75, 3.05) is 13.1 Å². The van der Waals surface area contributed by atoms with Crippen molar-refractivity contribution in [1.82, 2.24) is 9.88 Å².